The Morgan fingerprint density at radius 2 is 2.06 bits per heavy atom. The number of ether oxygens (including phenoxy) is 1. The van der Waals surface area contributed by atoms with E-state index in [-0.39, 0.29) is 11.7 Å². The Kier molecular flexibility index (Phi) is 4.41. The summed E-state index contributed by atoms with van der Waals surface area (Å²) in [6.45, 7) is 1.59. The van der Waals surface area contributed by atoms with Crippen LogP contribution in [0.15, 0.2) is 24.3 Å². The van der Waals surface area contributed by atoms with Gasteiger partial charge in [-0.2, -0.15) is 0 Å². The van der Waals surface area contributed by atoms with Gasteiger partial charge in [0.15, 0.2) is 0 Å². The van der Waals surface area contributed by atoms with E-state index in [2.05, 4.69) is 15.4 Å². The lowest BCUT2D eigenvalue weighted by Crippen LogP contribution is -2.35. The third-order valence-corrected chi connectivity index (χ3v) is 2.09. The number of amides is 1. The second-order valence-electron chi connectivity index (χ2n) is 3.56. The standard InChI is InChI=1S/C11H13F3N2O2/c1-7(10(17)15-2)16-8-4-3-5-9(6-8)18-11(12,13)14/h3-7,16H,1-2H3,(H,15,17)/t7-/m0/s1. The molecule has 0 aliphatic rings. The van der Waals surface area contributed by atoms with Gasteiger partial charge in [-0.3, -0.25) is 4.79 Å². The number of halogens is 3. The fourth-order valence-electron chi connectivity index (χ4n) is 1.32. The maximum Gasteiger partial charge on any atom is 0.573 e. The van der Waals surface area contributed by atoms with Gasteiger partial charge in [0.1, 0.15) is 11.8 Å². The highest BCUT2D eigenvalue weighted by Crippen LogP contribution is 2.25. The van der Waals surface area contributed by atoms with Crippen molar-refractivity contribution < 1.29 is 22.7 Å². The molecule has 1 aromatic carbocycles. The Morgan fingerprint density at radius 3 is 2.61 bits per heavy atom. The first-order valence-corrected chi connectivity index (χ1v) is 5.16. The summed E-state index contributed by atoms with van der Waals surface area (Å²) in [5.74, 6) is -0.603. The molecule has 1 rings (SSSR count). The van der Waals surface area contributed by atoms with Crippen LogP contribution in [0.5, 0.6) is 5.75 Å². The number of alkyl halides is 3. The molecule has 7 heteroatoms. The molecule has 0 heterocycles. The second kappa shape index (κ2) is 5.61. The molecular formula is C11H13F3N2O2. The van der Waals surface area contributed by atoms with Gasteiger partial charge in [-0.05, 0) is 19.1 Å². The summed E-state index contributed by atoms with van der Waals surface area (Å²) in [5.41, 5.74) is 0.368. The Morgan fingerprint density at radius 1 is 1.39 bits per heavy atom. The maximum atomic E-state index is 12.0. The largest absolute Gasteiger partial charge is 0.573 e. The molecule has 1 aromatic rings. The predicted molar refractivity (Wildman–Crippen MR) is 60.3 cm³/mol. The van der Waals surface area contributed by atoms with Crippen LogP contribution in [0.25, 0.3) is 0 Å². The van der Waals surface area contributed by atoms with Crippen LogP contribution in [0.4, 0.5) is 18.9 Å². The minimum absolute atomic E-state index is 0.267. The van der Waals surface area contributed by atoms with E-state index in [1.54, 1.807) is 13.0 Å². The molecule has 0 aromatic heterocycles. The number of anilines is 1. The number of nitrogens with one attached hydrogen (secondary N) is 2. The minimum atomic E-state index is -4.73. The zero-order chi connectivity index (χ0) is 13.8. The van der Waals surface area contributed by atoms with E-state index in [9.17, 15) is 18.0 Å². The summed E-state index contributed by atoms with van der Waals surface area (Å²) in [4.78, 5) is 11.2. The van der Waals surface area contributed by atoms with Crippen LogP contribution in [0.3, 0.4) is 0 Å². The molecule has 0 bridgehead atoms. The summed E-state index contributed by atoms with van der Waals surface area (Å²) in [6.07, 6.45) is -4.73. The molecule has 0 fully saturated rings. The highest BCUT2D eigenvalue weighted by Gasteiger charge is 2.31. The maximum absolute atomic E-state index is 12.0. The number of rotatable bonds is 4. The van der Waals surface area contributed by atoms with Crippen molar-refractivity contribution in [2.24, 2.45) is 0 Å². The number of carbonyl (C=O) groups is 1. The Bertz CT molecular complexity index is 421. The minimum Gasteiger partial charge on any atom is -0.406 e. The Labute approximate surface area is 102 Å². The molecule has 0 spiro atoms. The van der Waals surface area contributed by atoms with Gasteiger partial charge in [0, 0.05) is 18.8 Å². The van der Waals surface area contributed by atoms with Gasteiger partial charge in [-0.15, -0.1) is 13.2 Å². The van der Waals surface area contributed by atoms with Gasteiger partial charge in [-0.1, -0.05) is 6.07 Å². The van der Waals surface area contributed by atoms with Crippen molar-refractivity contribution in [2.45, 2.75) is 19.3 Å². The molecule has 0 saturated heterocycles. The summed E-state index contributed by atoms with van der Waals surface area (Å²) >= 11 is 0. The first kappa shape index (κ1) is 14.1. The number of benzene rings is 1. The number of hydrogen-bond donors (Lipinski definition) is 2. The molecule has 0 radical (unpaired) electrons. The van der Waals surface area contributed by atoms with Crippen LogP contribution in [0, 0.1) is 0 Å². The normalized spacial score (nSPS) is 12.7. The monoisotopic (exact) mass is 262 g/mol. The van der Waals surface area contributed by atoms with Crippen molar-refractivity contribution in [2.75, 3.05) is 12.4 Å². The average Bonchev–Trinajstić information content (AvgIpc) is 2.26. The fraction of sp³-hybridized carbons (Fsp3) is 0.364. The predicted octanol–water partition coefficient (Wildman–Crippen LogP) is 2.13. The number of likely N-dealkylation sites (N-methyl/N-ethyl adjacent to an activating group) is 1. The summed E-state index contributed by atoms with van der Waals surface area (Å²) < 4.78 is 39.8. The number of hydrogen-bond acceptors (Lipinski definition) is 3. The first-order valence-electron chi connectivity index (χ1n) is 5.16. The van der Waals surface area contributed by atoms with Gasteiger partial charge in [-0.25, -0.2) is 0 Å². The summed E-state index contributed by atoms with van der Waals surface area (Å²) in [6, 6.07) is 4.75. The van der Waals surface area contributed by atoms with Crippen LogP contribution >= 0.6 is 0 Å². The Balaban J connectivity index is 2.73. The van der Waals surface area contributed by atoms with E-state index in [4.69, 9.17) is 0 Å². The van der Waals surface area contributed by atoms with E-state index in [1.165, 1.54) is 25.2 Å². The molecule has 0 saturated carbocycles. The van der Waals surface area contributed by atoms with Crippen LogP contribution in [-0.4, -0.2) is 25.4 Å². The lowest BCUT2D eigenvalue weighted by molar-refractivity contribution is -0.274. The van der Waals surface area contributed by atoms with E-state index in [0.717, 1.165) is 0 Å². The van der Waals surface area contributed by atoms with Gasteiger partial charge in [0.05, 0.1) is 0 Å². The molecule has 2 N–H and O–H groups in total. The SMILES string of the molecule is CNC(=O)[C@H](C)Nc1cccc(OC(F)(F)F)c1. The number of carbonyl (C=O) groups excluding carboxylic acids is 1. The van der Waals surface area contributed by atoms with Crippen LogP contribution in [0.2, 0.25) is 0 Å². The quantitative estimate of drug-likeness (QED) is 0.874. The molecule has 0 aliphatic carbocycles. The van der Waals surface area contributed by atoms with Crippen molar-refractivity contribution >= 4 is 11.6 Å². The zero-order valence-electron chi connectivity index (χ0n) is 9.84. The second-order valence-corrected chi connectivity index (χ2v) is 3.56. The highest BCUT2D eigenvalue weighted by atomic mass is 19.4. The topological polar surface area (TPSA) is 50.4 Å². The van der Waals surface area contributed by atoms with Crippen LogP contribution < -0.4 is 15.4 Å². The van der Waals surface area contributed by atoms with Crippen LogP contribution in [-0.2, 0) is 4.79 Å². The highest BCUT2D eigenvalue weighted by molar-refractivity contribution is 5.83. The van der Waals surface area contributed by atoms with Gasteiger partial charge >= 0.3 is 6.36 Å². The molecule has 0 unspecified atom stereocenters. The summed E-state index contributed by atoms with van der Waals surface area (Å²) in [7, 11) is 1.48. The Hall–Kier alpha value is -1.92. The third kappa shape index (κ3) is 4.52. The lowest BCUT2D eigenvalue weighted by Gasteiger charge is -2.15. The molecule has 1 amide bonds. The third-order valence-electron chi connectivity index (χ3n) is 2.09. The van der Waals surface area contributed by atoms with Crippen LogP contribution in [0.1, 0.15) is 6.92 Å². The van der Waals surface area contributed by atoms with Crippen molar-refractivity contribution in [1.29, 1.82) is 0 Å². The fourth-order valence-corrected chi connectivity index (χ4v) is 1.32. The van der Waals surface area contributed by atoms with Crippen molar-refractivity contribution in [3.63, 3.8) is 0 Å². The molecule has 100 valence electrons. The van der Waals surface area contributed by atoms with E-state index >= 15 is 0 Å². The molecule has 18 heavy (non-hydrogen) atoms. The van der Waals surface area contributed by atoms with Gasteiger partial charge < -0.3 is 15.4 Å². The van der Waals surface area contributed by atoms with Crippen molar-refractivity contribution in [3.8, 4) is 5.75 Å². The van der Waals surface area contributed by atoms with E-state index in [1.807, 2.05) is 0 Å². The molecule has 1 atom stereocenters. The first-order chi connectivity index (χ1) is 8.31. The molecule has 0 aliphatic heterocycles. The average molecular weight is 262 g/mol. The van der Waals surface area contributed by atoms with Gasteiger partial charge in [0.2, 0.25) is 5.91 Å². The summed E-state index contributed by atoms with van der Waals surface area (Å²) in [5, 5.41) is 5.18. The smallest absolute Gasteiger partial charge is 0.406 e. The van der Waals surface area contributed by atoms with E-state index < -0.39 is 12.4 Å². The zero-order valence-corrected chi connectivity index (χ0v) is 9.84. The van der Waals surface area contributed by atoms with Crippen molar-refractivity contribution in [3.05, 3.63) is 24.3 Å². The molecular weight excluding hydrogens is 249 g/mol. The van der Waals surface area contributed by atoms with Crippen molar-refractivity contribution in [1.82, 2.24) is 5.32 Å². The van der Waals surface area contributed by atoms with Gasteiger partial charge in [0.25, 0.3) is 0 Å². The molecule has 4 nitrogen and oxygen atoms in total. The van der Waals surface area contributed by atoms with E-state index in [0.29, 0.717) is 5.69 Å². The lowest BCUT2D eigenvalue weighted by atomic mass is 10.2.